The van der Waals surface area contributed by atoms with Gasteiger partial charge in [-0.05, 0) is 63.7 Å². The molecule has 4 nitrogen and oxygen atoms in total. The number of unbranched alkanes of at least 4 members (excludes halogenated alkanes) is 1. The van der Waals surface area contributed by atoms with Gasteiger partial charge in [0.2, 0.25) is 0 Å². The fraction of sp³-hybridized carbons (Fsp3) is 0.611. The second-order valence-electron chi connectivity index (χ2n) is 6.51. The third-order valence-corrected chi connectivity index (χ3v) is 4.23. The molecule has 0 amide bonds. The fourth-order valence-electron chi connectivity index (χ4n) is 2.96. The van der Waals surface area contributed by atoms with E-state index in [0.29, 0.717) is 5.96 Å². The fourth-order valence-corrected chi connectivity index (χ4v) is 2.96. The van der Waals surface area contributed by atoms with Crippen molar-refractivity contribution in [3.05, 3.63) is 29.8 Å². The van der Waals surface area contributed by atoms with Gasteiger partial charge in [-0.2, -0.15) is 0 Å². The van der Waals surface area contributed by atoms with Gasteiger partial charge in [-0.15, -0.1) is 0 Å². The molecule has 0 saturated carbocycles. The largest absolute Gasteiger partial charge is 0.370 e. The van der Waals surface area contributed by atoms with E-state index < -0.39 is 0 Å². The summed E-state index contributed by atoms with van der Waals surface area (Å²) in [5, 5.41) is 3.13. The van der Waals surface area contributed by atoms with E-state index in [1.807, 2.05) is 12.1 Å². The van der Waals surface area contributed by atoms with Gasteiger partial charge < -0.3 is 16.0 Å². The second kappa shape index (κ2) is 8.79. The van der Waals surface area contributed by atoms with E-state index in [1.54, 1.807) is 0 Å². The molecule has 4 heteroatoms. The molecule has 1 aromatic carbocycles. The number of benzene rings is 1. The van der Waals surface area contributed by atoms with Gasteiger partial charge in [0, 0.05) is 18.8 Å². The van der Waals surface area contributed by atoms with E-state index in [-0.39, 0.29) is 0 Å². The van der Waals surface area contributed by atoms with Crippen molar-refractivity contribution in [3.63, 3.8) is 0 Å². The number of likely N-dealkylation sites (tertiary alicyclic amines) is 1. The molecule has 1 unspecified atom stereocenters. The Labute approximate surface area is 134 Å². The van der Waals surface area contributed by atoms with Gasteiger partial charge in [0.05, 0.1) is 0 Å². The van der Waals surface area contributed by atoms with Crippen LogP contribution in [0.1, 0.15) is 38.2 Å². The van der Waals surface area contributed by atoms with Crippen LogP contribution in [0.15, 0.2) is 29.3 Å². The van der Waals surface area contributed by atoms with Gasteiger partial charge in [-0.25, -0.2) is 0 Å². The molecule has 0 bridgehead atoms. The molecule has 0 aliphatic carbocycles. The maximum absolute atomic E-state index is 5.92. The zero-order valence-corrected chi connectivity index (χ0v) is 14.0. The maximum atomic E-state index is 5.92. The van der Waals surface area contributed by atoms with Crippen LogP contribution >= 0.6 is 0 Å². The highest BCUT2D eigenvalue weighted by Gasteiger charge is 2.15. The van der Waals surface area contributed by atoms with Crippen LogP contribution in [-0.4, -0.2) is 37.0 Å². The third kappa shape index (κ3) is 6.06. The molecule has 1 fully saturated rings. The molecule has 1 saturated heterocycles. The number of aliphatic imine (C=N–C) groups is 1. The summed E-state index contributed by atoms with van der Waals surface area (Å²) in [7, 11) is 0. The summed E-state index contributed by atoms with van der Waals surface area (Å²) >= 11 is 0. The monoisotopic (exact) mass is 302 g/mol. The molecule has 1 aromatic rings. The molecule has 3 N–H and O–H groups in total. The van der Waals surface area contributed by atoms with Gasteiger partial charge in [0.15, 0.2) is 5.96 Å². The average molecular weight is 302 g/mol. The average Bonchev–Trinajstić information content (AvgIpc) is 2.49. The Morgan fingerprint density at radius 1 is 1.32 bits per heavy atom. The topological polar surface area (TPSA) is 53.6 Å². The van der Waals surface area contributed by atoms with E-state index in [9.17, 15) is 0 Å². The number of guanidine groups is 1. The molecule has 0 spiro atoms. The number of hydrogen-bond donors (Lipinski definition) is 2. The van der Waals surface area contributed by atoms with Crippen LogP contribution in [0.25, 0.3) is 0 Å². The maximum Gasteiger partial charge on any atom is 0.193 e. The van der Waals surface area contributed by atoms with Crippen molar-refractivity contribution in [2.75, 3.05) is 31.5 Å². The summed E-state index contributed by atoms with van der Waals surface area (Å²) in [5.74, 6) is 1.37. The van der Waals surface area contributed by atoms with E-state index in [2.05, 4.69) is 41.2 Å². The van der Waals surface area contributed by atoms with Crippen molar-refractivity contribution in [2.45, 2.75) is 39.5 Å². The first-order valence-corrected chi connectivity index (χ1v) is 8.49. The van der Waals surface area contributed by atoms with Crippen LogP contribution in [-0.2, 0) is 0 Å². The van der Waals surface area contributed by atoms with Crippen molar-refractivity contribution in [3.8, 4) is 0 Å². The summed E-state index contributed by atoms with van der Waals surface area (Å²) in [6.45, 7) is 8.96. The smallest absolute Gasteiger partial charge is 0.193 e. The van der Waals surface area contributed by atoms with E-state index >= 15 is 0 Å². The Morgan fingerprint density at radius 3 is 2.82 bits per heavy atom. The highest BCUT2D eigenvalue weighted by Crippen LogP contribution is 2.15. The highest BCUT2D eigenvalue weighted by molar-refractivity contribution is 5.92. The first-order chi connectivity index (χ1) is 10.6. The number of nitrogens with zero attached hydrogens (tertiary/aromatic N) is 2. The highest BCUT2D eigenvalue weighted by atomic mass is 15.1. The zero-order valence-electron chi connectivity index (χ0n) is 14.0. The predicted molar refractivity (Wildman–Crippen MR) is 95.4 cm³/mol. The summed E-state index contributed by atoms with van der Waals surface area (Å²) in [6, 6.07) is 8.18. The van der Waals surface area contributed by atoms with Gasteiger partial charge in [0.25, 0.3) is 0 Å². The second-order valence-corrected chi connectivity index (χ2v) is 6.51. The molecule has 1 aliphatic rings. The summed E-state index contributed by atoms with van der Waals surface area (Å²) in [6.07, 6.45) is 5.05. The standard InChI is InChI=1S/C18H30N4/c1-15-7-9-17(10-8-15)21-18(19)20-11-3-4-12-22-13-5-6-16(2)14-22/h7-10,16H,3-6,11-14H2,1-2H3,(H3,19,20,21). The van der Waals surface area contributed by atoms with Crippen LogP contribution in [0.3, 0.4) is 0 Å². The molecule has 1 atom stereocenters. The predicted octanol–water partition coefficient (Wildman–Crippen LogP) is 3.23. The van der Waals surface area contributed by atoms with Crippen LogP contribution in [0.5, 0.6) is 0 Å². The molecule has 2 rings (SSSR count). The van der Waals surface area contributed by atoms with Crippen molar-refractivity contribution in [1.29, 1.82) is 0 Å². The zero-order chi connectivity index (χ0) is 15.8. The number of nitrogens with two attached hydrogens (primary N) is 1. The molecule has 22 heavy (non-hydrogen) atoms. The quantitative estimate of drug-likeness (QED) is 0.482. The molecular weight excluding hydrogens is 272 g/mol. The first kappa shape index (κ1) is 16.8. The Balaban J connectivity index is 1.61. The van der Waals surface area contributed by atoms with Crippen LogP contribution in [0.4, 0.5) is 5.69 Å². The van der Waals surface area contributed by atoms with E-state index in [0.717, 1.165) is 24.6 Å². The normalized spacial score (nSPS) is 20.1. The molecule has 1 aliphatic heterocycles. The van der Waals surface area contributed by atoms with Crippen LogP contribution < -0.4 is 11.1 Å². The van der Waals surface area contributed by atoms with Crippen molar-refractivity contribution >= 4 is 11.6 Å². The molecule has 0 radical (unpaired) electrons. The summed E-state index contributed by atoms with van der Waals surface area (Å²) in [5.41, 5.74) is 8.15. The number of hydrogen-bond acceptors (Lipinski definition) is 2. The Morgan fingerprint density at radius 2 is 2.09 bits per heavy atom. The number of anilines is 1. The number of piperidine rings is 1. The summed E-state index contributed by atoms with van der Waals surface area (Å²) < 4.78 is 0. The molecule has 0 aromatic heterocycles. The van der Waals surface area contributed by atoms with Crippen LogP contribution in [0, 0.1) is 12.8 Å². The molecular formula is C18H30N4. The number of aryl methyl sites for hydroxylation is 1. The van der Waals surface area contributed by atoms with E-state index in [1.165, 1.54) is 44.5 Å². The minimum atomic E-state index is 0.510. The molecule has 122 valence electrons. The Kier molecular flexibility index (Phi) is 6.72. The Bertz CT molecular complexity index is 466. The summed E-state index contributed by atoms with van der Waals surface area (Å²) in [4.78, 5) is 6.99. The lowest BCUT2D eigenvalue weighted by Crippen LogP contribution is -2.35. The van der Waals surface area contributed by atoms with Crippen molar-refractivity contribution in [2.24, 2.45) is 16.6 Å². The number of nitrogens with one attached hydrogen (secondary N) is 1. The van der Waals surface area contributed by atoms with Crippen molar-refractivity contribution < 1.29 is 0 Å². The lowest BCUT2D eigenvalue weighted by molar-refractivity contribution is 0.181. The number of rotatable bonds is 6. The first-order valence-electron chi connectivity index (χ1n) is 8.49. The van der Waals surface area contributed by atoms with Gasteiger partial charge >= 0.3 is 0 Å². The SMILES string of the molecule is Cc1ccc(NC(N)=NCCCCN2CCCC(C)C2)cc1. The third-order valence-electron chi connectivity index (χ3n) is 4.23. The lowest BCUT2D eigenvalue weighted by Gasteiger charge is -2.30. The minimum Gasteiger partial charge on any atom is -0.370 e. The van der Waals surface area contributed by atoms with Gasteiger partial charge in [-0.3, -0.25) is 4.99 Å². The molecule has 1 heterocycles. The minimum absolute atomic E-state index is 0.510. The van der Waals surface area contributed by atoms with Gasteiger partial charge in [0.1, 0.15) is 0 Å². The van der Waals surface area contributed by atoms with Crippen LogP contribution in [0.2, 0.25) is 0 Å². The lowest BCUT2D eigenvalue weighted by atomic mass is 10.0. The Hall–Kier alpha value is -1.55. The van der Waals surface area contributed by atoms with Gasteiger partial charge in [-0.1, -0.05) is 24.6 Å². The van der Waals surface area contributed by atoms with E-state index in [4.69, 9.17) is 5.73 Å². The van der Waals surface area contributed by atoms with Crippen molar-refractivity contribution in [1.82, 2.24) is 4.90 Å².